The maximum atomic E-state index is 4.67. The van der Waals surface area contributed by atoms with Crippen molar-refractivity contribution < 1.29 is 0 Å². The number of hydrogen-bond acceptors (Lipinski definition) is 5. The third-order valence-electron chi connectivity index (χ3n) is 7.66. The molecule has 0 atom stereocenters. The molecular weight excluding hydrogens is 444 g/mol. The number of hydrogen-bond donors (Lipinski definition) is 1. The highest BCUT2D eigenvalue weighted by Crippen LogP contribution is 2.46. The summed E-state index contributed by atoms with van der Waals surface area (Å²) in [5.74, 6) is 1.51. The van der Waals surface area contributed by atoms with E-state index in [0.29, 0.717) is 5.92 Å². The SMILES string of the molecule is Cc1ccccc1-n1nnnc1C1(NN(c2ccccc2)c2ccccc2)CCC(C(C)(C)C)CC1. The summed E-state index contributed by atoms with van der Waals surface area (Å²) in [6.07, 6.45) is 4.10. The van der Waals surface area contributed by atoms with Gasteiger partial charge in [0.1, 0.15) is 0 Å². The number of rotatable bonds is 6. The van der Waals surface area contributed by atoms with E-state index in [9.17, 15) is 0 Å². The average Bonchev–Trinajstić information content (AvgIpc) is 3.39. The van der Waals surface area contributed by atoms with Crippen molar-refractivity contribution in [3.05, 3.63) is 96.3 Å². The zero-order valence-electron chi connectivity index (χ0n) is 21.7. The number of nitrogens with one attached hydrogen (secondary N) is 1. The smallest absolute Gasteiger partial charge is 0.178 e. The normalized spacial score (nSPS) is 20.3. The van der Waals surface area contributed by atoms with Gasteiger partial charge in [0.2, 0.25) is 0 Å². The zero-order valence-corrected chi connectivity index (χ0v) is 21.7. The summed E-state index contributed by atoms with van der Waals surface area (Å²) in [5.41, 5.74) is 8.14. The third kappa shape index (κ3) is 4.78. The lowest BCUT2D eigenvalue weighted by Gasteiger charge is -2.46. The van der Waals surface area contributed by atoms with Gasteiger partial charge in [-0.1, -0.05) is 75.4 Å². The van der Waals surface area contributed by atoms with Crippen molar-refractivity contribution in [3.63, 3.8) is 0 Å². The number of tetrazole rings is 1. The molecule has 0 radical (unpaired) electrons. The highest BCUT2D eigenvalue weighted by Gasteiger charge is 2.45. The Labute approximate surface area is 214 Å². The maximum Gasteiger partial charge on any atom is 0.178 e. The van der Waals surface area contributed by atoms with Gasteiger partial charge in [0.05, 0.1) is 22.6 Å². The molecule has 6 heteroatoms. The first-order valence-electron chi connectivity index (χ1n) is 12.9. The van der Waals surface area contributed by atoms with E-state index in [2.05, 4.69) is 133 Å². The lowest BCUT2D eigenvalue weighted by Crippen LogP contribution is -2.54. The molecule has 1 fully saturated rings. The van der Waals surface area contributed by atoms with Crippen LogP contribution in [-0.2, 0) is 5.54 Å². The second-order valence-corrected chi connectivity index (χ2v) is 11.0. The van der Waals surface area contributed by atoms with Crippen LogP contribution in [0.1, 0.15) is 57.8 Å². The molecule has 6 nitrogen and oxygen atoms in total. The van der Waals surface area contributed by atoms with Gasteiger partial charge in [0.15, 0.2) is 5.82 Å². The van der Waals surface area contributed by atoms with Gasteiger partial charge in [-0.15, -0.1) is 5.10 Å². The number of para-hydroxylation sites is 3. The van der Waals surface area contributed by atoms with E-state index < -0.39 is 5.54 Å². The number of nitrogens with zero attached hydrogens (tertiary/aromatic N) is 5. The Bertz CT molecular complexity index is 1230. The predicted octanol–water partition coefficient (Wildman–Crippen LogP) is 6.75. The minimum Gasteiger partial charge on any atom is -0.276 e. The Morgan fingerprint density at radius 1 is 0.833 bits per heavy atom. The minimum absolute atomic E-state index is 0.270. The van der Waals surface area contributed by atoms with Gasteiger partial charge in [0, 0.05) is 0 Å². The lowest BCUT2D eigenvalue weighted by molar-refractivity contribution is 0.107. The summed E-state index contributed by atoms with van der Waals surface area (Å²) in [6.45, 7) is 9.18. The van der Waals surface area contributed by atoms with Crippen LogP contribution in [0.3, 0.4) is 0 Å². The third-order valence-corrected chi connectivity index (χ3v) is 7.66. The molecule has 186 valence electrons. The monoisotopic (exact) mass is 480 g/mol. The number of benzene rings is 3. The zero-order chi connectivity index (χ0) is 25.2. The Morgan fingerprint density at radius 3 is 1.94 bits per heavy atom. The van der Waals surface area contributed by atoms with Crippen molar-refractivity contribution in [2.75, 3.05) is 5.01 Å². The summed E-state index contributed by atoms with van der Waals surface area (Å²) in [7, 11) is 0. The summed E-state index contributed by atoms with van der Waals surface area (Å²) < 4.78 is 1.94. The van der Waals surface area contributed by atoms with E-state index in [1.807, 2.05) is 10.7 Å². The number of hydrazine groups is 1. The van der Waals surface area contributed by atoms with Crippen LogP contribution in [0.2, 0.25) is 0 Å². The van der Waals surface area contributed by atoms with Crippen LogP contribution in [0, 0.1) is 18.3 Å². The second kappa shape index (κ2) is 9.86. The lowest BCUT2D eigenvalue weighted by atomic mass is 9.67. The molecule has 36 heavy (non-hydrogen) atoms. The van der Waals surface area contributed by atoms with Gasteiger partial charge < -0.3 is 0 Å². The quantitative estimate of drug-likeness (QED) is 0.310. The number of aryl methyl sites for hydroxylation is 1. The molecule has 0 bridgehead atoms. The molecule has 4 aromatic rings. The van der Waals surface area contributed by atoms with Crippen LogP contribution in [0.5, 0.6) is 0 Å². The largest absolute Gasteiger partial charge is 0.276 e. The van der Waals surface area contributed by atoms with Gasteiger partial charge in [-0.3, -0.25) is 5.01 Å². The van der Waals surface area contributed by atoms with Gasteiger partial charge in [-0.2, -0.15) is 4.68 Å². The van der Waals surface area contributed by atoms with Crippen molar-refractivity contribution >= 4 is 11.4 Å². The standard InChI is InChI=1S/C30H36N6/c1-23-13-11-12-18-27(23)36-28(31-33-34-36)30(21-19-24(20-22-30)29(2,3)4)32-35(25-14-7-5-8-15-25)26-16-9-6-10-17-26/h5-18,24,32H,19-22H2,1-4H3. The first-order chi connectivity index (χ1) is 17.4. The molecule has 1 N–H and O–H groups in total. The highest BCUT2D eigenvalue weighted by atomic mass is 15.6. The number of anilines is 2. The first kappa shape index (κ1) is 24.2. The Balaban J connectivity index is 1.61. The van der Waals surface area contributed by atoms with Crippen molar-refractivity contribution in [1.82, 2.24) is 25.6 Å². The maximum absolute atomic E-state index is 4.67. The molecule has 0 amide bonds. The highest BCUT2D eigenvalue weighted by molar-refractivity contribution is 5.62. The Kier molecular flexibility index (Phi) is 6.63. The molecule has 1 aromatic heterocycles. The summed E-state index contributed by atoms with van der Waals surface area (Å²) >= 11 is 0. The molecular formula is C30H36N6. The molecule has 3 aromatic carbocycles. The van der Waals surface area contributed by atoms with Crippen molar-refractivity contribution in [2.45, 2.75) is 58.9 Å². The summed E-state index contributed by atoms with van der Waals surface area (Å²) in [4.78, 5) is 0. The fourth-order valence-electron chi connectivity index (χ4n) is 5.46. The van der Waals surface area contributed by atoms with E-state index >= 15 is 0 Å². The fourth-order valence-corrected chi connectivity index (χ4v) is 5.46. The van der Waals surface area contributed by atoms with Crippen molar-refractivity contribution in [2.24, 2.45) is 11.3 Å². The molecule has 0 aliphatic heterocycles. The van der Waals surface area contributed by atoms with E-state index in [-0.39, 0.29) is 5.41 Å². The molecule has 1 aliphatic carbocycles. The second-order valence-electron chi connectivity index (χ2n) is 11.0. The van der Waals surface area contributed by atoms with Crippen molar-refractivity contribution in [3.8, 4) is 5.69 Å². The molecule has 5 rings (SSSR count). The molecule has 0 saturated heterocycles. The van der Waals surface area contributed by atoms with E-state index in [4.69, 9.17) is 0 Å². The number of aromatic nitrogens is 4. The molecule has 1 heterocycles. The van der Waals surface area contributed by atoms with Gasteiger partial charge in [0.25, 0.3) is 0 Å². The first-order valence-corrected chi connectivity index (χ1v) is 12.9. The van der Waals surface area contributed by atoms with Crippen LogP contribution in [0.15, 0.2) is 84.9 Å². The Hall–Kier alpha value is -3.51. The minimum atomic E-state index is -0.431. The summed E-state index contributed by atoms with van der Waals surface area (Å²) in [6, 6.07) is 29.3. The molecule has 1 aliphatic rings. The fraction of sp³-hybridized carbons (Fsp3) is 0.367. The van der Waals surface area contributed by atoms with Crippen LogP contribution in [0.4, 0.5) is 11.4 Å². The van der Waals surface area contributed by atoms with E-state index in [1.54, 1.807) is 0 Å². The molecule has 0 unspecified atom stereocenters. The average molecular weight is 481 g/mol. The van der Waals surface area contributed by atoms with Gasteiger partial charge in [-0.25, -0.2) is 5.43 Å². The molecule has 1 saturated carbocycles. The van der Waals surface area contributed by atoms with Crippen LogP contribution in [-0.4, -0.2) is 20.2 Å². The van der Waals surface area contributed by atoms with E-state index in [1.165, 1.54) is 0 Å². The van der Waals surface area contributed by atoms with Crippen LogP contribution < -0.4 is 10.4 Å². The van der Waals surface area contributed by atoms with Gasteiger partial charge >= 0.3 is 0 Å². The topological polar surface area (TPSA) is 58.9 Å². The van der Waals surface area contributed by atoms with Crippen LogP contribution in [0.25, 0.3) is 5.69 Å². The summed E-state index contributed by atoms with van der Waals surface area (Å²) in [5, 5.41) is 15.5. The van der Waals surface area contributed by atoms with E-state index in [0.717, 1.165) is 54.1 Å². The predicted molar refractivity (Wildman–Crippen MR) is 145 cm³/mol. The molecule has 0 spiro atoms. The van der Waals surface area contributed by atoms with Crippen LogP contribution >= 0.6 is 0 Å². The van der Waals surface area contributed by atoms with Gasteiger partial charge in [-0.05, 0) is 90.3 Å². The Morgan fingerprint density at radius 2 is 1.39 bits per heavy atom. The van der Waals surface area contributed by atoms with Crippen molar-refractivity contribution in [1.29, 1.82) is 0 Å².